The minimum absolute atomic E-state index is 0.0371. The lowest BCUT2D eigenvalue weighted by atomic mass is 9.89. The fraction of sp³-hybridized carbons (Fsp3) is 0.786. The van der Waals surface area contributed by atoms with E-state index in [0.29, 0.717) is 26.1 Å². The third-order valence-corrected chi connectivity index (χ3v) is 3.90. The van der Waals surface area contributed by atoms with Crippen molar-refractivity contribution in [3.05, 3.63) is 0 Å². The molecule has 2 aliphatic heterocycles. The van der Waals surface area contributed by atoms with E-state index in [1.807, 2.05) is 6.92 Å². The third-order valence-electron chi connectivity index (χ3n) is 3.90. The van der Waals surface area contributed by atoms with Gasteiger partial charge in [-0.15, -0.1) is 0 Å². The van der Waals surface area contributed by atoms with Gasteiger partial charge in [0.25, 0.3) is 0 Å². The molecule has 118 valence electrons. The van der Waals surface area contributed by atoms with Crippen molar-refractivity contribution in [3.8, 4) is 0 Å². The normalized spacial score (nSPS) is 21.2. The van der Waals surface area contributed by atoms with E-state index in [1.54, 1.807) is 4.90 Å². The molecule has 2 fully saturated rings. The summed E-state index contributed by atoms with van der Waals surface area (Å²) >= 11 is 0. The summed E-state index contributed by atoms with van der Waals surface area (Å²) in [5, 5.41) is 12.3. The highest BCUT2D eigenvalue weighted by Gasteiger charge is 2.40. The molecule has 7 nitrogen and oxygen atoms in total. The lowest BCUT2D eigenvalue weighted by molar-refractivity contribution is -0.140. The van der Waals surface area contributed by atoms with Gasteiger partial charge in [0.1, 0.15) is 0 Å². The van der Waals surface area contributed by atoms with Crippen LogP contribution in [0, 0.1) is 0 Å². The first kappa shape index (κ1) is 15.9. The van der Waals surface area contributed by atoms with Crippen molar-refractivity contribution < 1.29 is 19.5 Å². The maximum absolute atomic E-state index is 11.7. The highest BCUT2D eigenvalue weighted by molar-refractivity contribution is 5.98. The van der Waals surface area contributed by atoms with Gasteiger partial charge >= 0.3 is 0 Å². The number of β-amino-alcohol motifs (C(OH)–C–C–N with tert-alkyl or cyclic N) is 1. The number of likely N-dealkylation sites (tertiary alicyclic amines) is 2. The van der Waals surface area contributed by atoms with Crippen LogP contribution in [-0.4, -0.2) is 71.0 Å². The third kappa shape index (κ3) is 4.25. The van der Waals surface area contributed by atoms with E-state index in [2.05, 4.69) is 5.32 Å². The van der Waals surface area contributed by atoms with Gasteiger partial charge in [0.05, 0.1) is 18.7 Å². The number of aliphatic hydroxyl groups is 1. The average molecular weight is 297 g/mol. The lowest BCUT2D eigenvalue weighted by Crippen LogP contribution is -2.63. The second-order valence-electron chi connectivity index (χ2n) is 6.01. The maximum Gasteiger partial charge on any atom is 0.246 e. The fourth-order valence-corrected chi connectivity index (χ4v) is 3.00. The predicted octanol–water partition coefficient (Wildman–Crippen LogP) is -0.902. The van der Waals surface area contributed by atoms with Crippen molar-refractivity contribution in [1.29, 1.82) is 0 Å². The predicted molar refractivity (Wildman–Crippen MR) is 75.3 cm³/mol. The first-order valence-electron chi connectivity index (χ1n) is 7.47. The molecule has 0 radical (unpaired) electrons. The van der Waals surface area contributed by atoms with Gasteiger partial charge in [-0.2, -0.15) is 0 Å². The van der Waals surface area contributed by atoms with Crippen molar-refractivity contribution in [1.82, 2.24) is 15.1 Å². The van der Waals surface area contributed by atoms with Crippen LogP contribution < -0.4 is 5.32 Å². The molecular weight excluding hydrogens is 274 g/mol. The number of carbonyl (C=O) groups is 3. The van der Waals surface area contributed by atoms with Gasteiger partial charge in [-0.25, -0.2) is 0 Å². The number of hydrogen-bond acceptors (Lipinski definition) is 5. The van der Waals surface area contributed by atoms with Crippen molar-refractivity contribution in [2.45, 2.75) is 38.2 Å². The van der Waals surface area contributed by atoms with Crippen LogP contribution in [0.5, 0.6) is 0 Å². The maximum atomic E-state index is 11.7. The summed E-state index contributed by atoms with van der Waals surface area (Å²) in [4.78, 5) is 38.1. The smallest absolute Gasteiger partial charge is 0.246 e. The molecule has 2 rings (SSSR count). The number of rotatable bonds is 6. The summed E-state index contributed by atoms with van der Waals surface area (Å²) in [6.07, 6.45) is 2.87. The molecule has 0 unspecified atom stereocenters. The molecule has 2 N–H and O–H groups in total. The van der Waals surface area contributed by atoms with E-state index in [9.17, 15) is 19.5 Å². The molecule has 0 bridgehead atoms. The summed E-state index contributed by atoms with van der Waals surface area (Å²) in [5.74, 6) is -0.866. The highest BCUT2D eigenvalue weighted by Crippen LogP contribution is 2.24. The first-order chi connectivity index (χ1) is 9.92. The number of nitrogens with one attached hydrogen (secondary N) is 1. The number of nitrogens with zero attached hydrogens (tertiary/aromatic N) is 2. The van der Waals surface area contributed by atoms with Crippen LogP contribution >= 0.6 is 0 Å². The van der Waals surface area contributed by atoms with Gasteiger partial charge in [0, 0.05) is 26.1 Å². The van der Waals surface area contributed by atoms with Crippen LogP contribution in [0.4, 0.5) is 0 Å². The highest BCUT2D eigenvalue weighted by atomic mass is 16.3. The summed E-state index contributed by atoms with van der Waals surface area (Å²) in [5.41, 5.74) is -0.680. The number of carbonyl (C=O) groups excluding carboxylic acids is 3. The zero-order valence-electron chi connectivity index (χ0n) is 12.4. The Hall–Kier alpha value is -1.47. The van der Waals surface area contributed by atoms with Crippen LogP contribution in [0.3, 0.4) is 0 Å². The molecule has 0 aromatic heterocycles. The van der Waals surface area contributed by atoms with Gasteiger partial charge in [0.2, 0.25) is 17.7 Å². The Bertz CT molecular complexity index is 432. The van der Waals surface area contributed by atoms with Crippen molar-refractivity contribution in [2.75, 3.05) is 32.7 Å². The molecule has 0 aromatic rings. The van der Waals surface area contributed by atoms with E-state index in [0.717, 1.165) is 19.3 Å². The molecule has 0 aromatic carbocycles. The average Bonchev–Trinajstić information content (AvgIpc) is 2.73. The van der Waals surface area contributed by atoms with Crippen LogP contribution in [-0.2, 0) is 14.4 Å². The quantitative estimate of drug-likeness (QED) is 0.663. The van der Waals surface area contributed by atoms with E-state index >= 15 is 0 Å². The molecule has 0 atom stereocenters. The minimum Gasteiger partial charge on any atom is -0.387 e. The molecule has 2 aliphatic rings. The van der Waals surface area contributed by atoms with Crippen LogP contribution in [0.15, 0.2) is 0 Å². The molecule has 2 saturated heterocycles. The fourth-order valence-electron chi connectivity index (χ4n) is 3.00. The van der Waals surface area contributed by atoms with Crippen LogP contribution in [0.25, 0.3) is 0 Å². The largest absolute Gasteiger partial charge is 0.387 e. The molecule has 21 heavy (non-hydrogen) atoms. The van der Waals surface area contributed by atoms with E-state index in [-0.39, 0.29) is 24.9 Å². The topological polar surface area (TPSA) is 89.9 Å². The van der Waals surface area contributed by atoms with Gasteiger partial charge in [0.15, 0.2) is 0 Å². The standard InChI is InChI=1S/C14H23N3O4/c1-2-5-14(21)9-16(10-14)7-11(18)15-12(19)8-17-6-3-4-13(17)20/h21H,2-10H2,1H3,(H,15,18,19). The second-order valence-corrected chi connectivity index (χ2v) is 6.01. The lowest BCUT2D eigenvalue weighted by Gasteiger charge is -2.46. The molecule has 0 aliphatic carbocycles. The molecule has 2 heterocycles. The zero-order valence-corrected chi connectivity index (χ0v) is 12.4. The van der Waals surface area contributed by atoms with Gasteiger partial charge in [-0.1, -0.05) is 13.3 Å². The second kappa shape index (κ2) is 6.53. The molecule has 0 spiro atoms. The number of imide groups is 1. The van der Waals surface area contributed by atoms with Gasteiger partial charge in [-0.05, 0) is 12.8 Å². The Morgan fingerprint density at radius 2 is 1.95 bits per heavy atom. The summed E-state index contributed by atoms with van der Waals surface area (Å²) < 4.78 is 0. The first-order valence-corrected chi connectivity index (χ1v) is 7.47. The Kier molecular flexibility index (Phi) is 4.95. The summed E-state index contributed by atoms with van der Waals surface area (Å²) in [7, 11) is 0. The van der Waals surface area contributed by atoms with Gasteiger partial charge in [-0.3, -0.25) is 24.6 Å². The molecule has 0 saturated carbocycles. The molecule has 3 amide bonds. The van der Waals surface area contributed by atoms with Crippen molar-refractivity contribution in [2.24, 2.45) is 0 Å². The van der Waals surface area contributed by atoms with E-state index < -0.39 is 11.5 Å². The minimum atomic E-state index is -0.680. The van der Waals surface area contributed by atoms with Crippen molar-refractivity contribution >= 4 is 17.7 Å². The van der Waals surface area contributed by atoms with E-state index in [4.69, 9.17) is 0 Å². The molecule has 7 heteroatoms. The SMILES string of the molecule is CCCC1(O)CN(CC(=O)NC(=O)CN2CCCC2=O)C1. The summed E-state index contributed by atoms with van der Waals surface area (Å²) in [6.45, 7) is 3.57. The van der Waals surface area contributed by atoms with Gasteiger partial charge < -0.3 is 10.0 Å². The molecular formula is C14H23N3O4. The Morgan fingerprint density at radius 1 is 1.29 bits per heavy atom. The Labute approximate surface area is 124 Å². The number of amides is 3. The number of hydrogen-bond donors (Lipinski definition) is 2. The summed E-state index contributed by atoms with van der Waals surface area (Å²) in [6, 6.07) is 0. The zero-order chi connectivity index (χ0) is 15.5. The monoisotopic (exact) mass is 297 g/mol. The Morgan fingerprint density at radius 3 is 2.52 bits per heavy atom. The van der Waals surface area contributed by atoms with Crippen LogP contribution in [0.2, 0.25) is 0 Å². The van der Waals surface area contributed by atoms with E-state index in [1.165, 1.54) is 4.90 Å². The van der Waals surface area contributed by atoms with Crippen molar-refractivity contribution in [3.63, 3.8) is 0 Å². The Balaban J connectivity index is 1.66. The van der Waals surface area contributed by atoms with Crippen LogP contribution in [0.1, 0.15) is 32.6 Å².